The van der Waals surface area contributed by atoms with Gasteiger partial charge in [-0.1, -0.05) is 6.07 Å². The molecule has 1 N–H and O–H groups in total. The molecular weight excluding hydrogens is 315 g/mol. The molecule has 0 spiro atoms. The Balaban J connectivity index is 2.12. The molecule has 0 aromatic carbocycles. The number of hydrogen-bond donors (Lipinski definition) is 1. The largest absolute Gasteiger partial charge is 0.314 e. The lowest BCUT2D eigenvalue weighted by atomic mass is 10.3. The first-order valence-corrected chi connectivity index (χ1v) is 6.13. The Morgan fingerprint density at radius 3 is 2.88 bits per heavy atom. The van der Waals surface area contributed by atoms with Crippen LogP contribution in [0.3, 0.4) is 0 Å². The van der Waals surface area contributed by atoms with Gasteiger partial charge in [0, 0.05) is 12.7 Å². The number of aromatic nitrogens is 3. The van der Waals surface area contributed by atoms with Gasteiger partial charge in [-0.05, 0) is 41.8 Å². The van der Waals surface area contributed by atoms with E-state index in [2.05, 4.69) is 38.0 Å². The van der Waals surface area contributed by atoms with Gasteiger partial charge in [-0.2, -0.15) is 5.10 Å². The van der Waals surface area contributed by atoms with Crippen LogP contribution in [0.2, 0.25) is 0 Å². The Morgan fingerprint density at radius 2 is 2.19 bits per heavy atom. The molecular formula is C11H13IN4. The first-order valence-electron chi connectivity index (χ1n) is 5.05. The number of rotatable bonds is 4. The minimum Gasteiger partial charge on any atom is -0.314 e. The van der Waals surface area contributed by atoms with E-state index in [1.807, 2.05) is 42.3 Å². The summed E-state index contributed by atoms with van der Waals surface area (Å²) in [5, 5.41) is 7.33. The Labute approximate surface area is 108 Å². The number of halogens is 1. The second-order valence-corrected chi connectivity index (χ2v) is 4.75. The quantitative estimate of drug-likeness (QED) is 0.868. The van der Waals surface area contributed by atoms with Crippen LogP contribution in [0.4, 0.5) is 0 Å². The van der Waals surface area contributed by atoms with Crippen molar-refractivity contribution in [3.63, 3.8) is 0 Å². The lowest BCUT2D eigenvalue weighted by molar-refractivity contribution is 0.665. The van der Waals surface area contributed by atoms with E-state index in [0.717, 1.165) is 28.0 Å². The van der Waals surface area contributed by atoms with Gasteiger partial charge in [0.2, 0.25) is 0 Å². The molecule has 0 saturated heterocycles. The maximum absolute atomic E-state index is 4.54. The summed E-state index contributed by atoms with van der Waals surface area (Å²) in [5.41, 5.74) is 2.09. The summed E-state index contributed by atoms with van der Waals surface area (Å²) in [6.07, 6.45) is 3.85. The standard InChI is InChI=1S/C11H13IN4/c1-13-6-10-3-2-4-11(15-10)8-16-7-9(12)5-14-16/h2-5,7,13H,6,8H2,1H3. The van der Waals surface area contributed by atoms with Crippen molar-refractivity contribution < 1.29 is 0 Å². The second kappa shape index (κ2) is 5.40. The zero-order chi connectivity index (χ0) is 11.4. The SMILES string of the molecule is CNCc1cccc(Cn2cc(I)cn2)n1. The van der Waals surface area contributed by atoms with E-state index in [-0.39, 0.29) is 0 Å². The lowest BCUT2D eigenvalue weighted by Crippen LogP contribution is -2.09. The average Bonchev–Trinajstić information content (AvgIpc) is 2.65. The van der Waals surface area contributed by atoms with Crippen LogP contribution in [0.15, 0.2) is 30.6 Å². The van der Waals surface area contributed by atoms with Gasteiger partial charge in [0.25, 0.3) is 0 Å². The van der Waals surface area contributed by atoms with Crippen molar-refractivity contribution in [2.45, 2.75) is 13.1 Å². The molecule has 2 aromatic heterocycles. The molecule has 4 nitrogen and oxygen atoms in total. The number of pyridine rings is 1. The third kappa shape index (κ3) is 3.02. The summed E-state index contributed by atoms with van der Waals surface area (Å²) in [4.78, 5) is 4.54. The predicted molar refractivity (Wildman–Crippen MR) is 71.0 cm³/mol. The number of hydrogen-bond acceptors (Lipinski definition) is 3. The first kappa shape index (κ1) is 11.5. The summed E-state index contributed by atoms with van der Waals surface area (Å²) >= 11 is 2.25. The van der Waals surface area contributed by atoms with Crippen molar-refractivity contribution in [1.82, 2.24) is 20.1 Å². The van der Waals surface area contributed by atoms with E-state index in [1.54, 1.807) is 0 Å². The van der Waals surface area contributed by atoms with Gasteiger partial charge in [0.05, 0.1) is 27.7 Å². The van der Waals surface area contributed by atoms with Gasteiger partial charge in [0.1, 0.15) is 0 Å². The Kier molecular flexibility index (Phi) is 3.89. The summed E-state index contributed by atoms with van der Waals surface area (Å²) in [6.45, 7) is 1.52. The van der Waals surface area contributed by atoms with Crippen LogP contribution < -0.4 is 5.32 Å². The van der Waals surface area contributed by atoms with Crippen LogP contribution in [0.25, 0.3) is 0 Å². The van der Waals surface area contributed by atoms with Crippen molar-refractivity contribution in [3.05, 3.63) is 45.6 Å². The molecule has 0 saturated carbocycles. The zero-order valence-electron chi connectivity index (χ0n) is 9.02. The number of nitrogens with zero attached hydrogens (tertiary/aromatic N) is 3. The number of nitrogens with one attached hydrogen (secondary N) is 1. The molecule has 0 fully saturated rings. The van der Waals surface area contributed by atoms with Crippen LogP contribution in [0, 0.1) is 3.57 Å². The van der Waals surface area contributed by atoms with E-state index in [9.17, 15) is 0 Å². The van der Waals surface area contributed by atoms with Gasteiger partial charge >= 0.3 is 0 Å². The molecule has 2 aromatic rings. The molecule has 0 unspecified atom stereocenters. The van der Waals surface area contributed by atoms with Crippen LogP contribution in [-0.2, 0) is 13.1 Å². The fraction of sp³-hybridized carbons (Fsp3) is 0.273. The van der Waals surface area contributed by atoms with Crippen molar-refractivity contribution >= 4 is 22.6 Å². The van der Waals surface area contributed by atoms with Gasteiger partial charge in [-0.3, -0.25) is 9.67 Å². The van der Waals surface area contributed by atoms with Gasteiger partial charge in [-0.15, -0.1) is 0 Å². The highest BCUT2D eigenvalue weighted by Gasteiger charge is 2.00. The Bertz CT molecular complexity index is 467. The lowest BCUT2D eigenvalue weighted by Gasteiger charge is -2.04. The maximum atomic E-state index is 4.54. The first-order chi connectivity index (χ1) is 7.78. The molecule has 0 bridgehead atoms. The van der Waals surface area contributed by atoms with Gasteiger partial charge in [0.15, 0.2) is 0 Å². The Hall–Kier alpha value is -0.950. The minimum absolute atomic E-state index is 0.723. The zero-order valence-corrected chi connectivity index (χ0v) is 11.2. The van der Waals surface area contributed by atoms with Crippen LogP contribution in [0.1, 0.15) is 11.4 Å². The van der Waals surface area contributed by atoms with E-state index in [4.69, 9.17) is 0 Å². The van der Waals surface area contributed by atoms with Crippen molar-refractivity contribution in [2.24, 2.45) is 0 Å². The summed E-state index contributed by atoms with van der Waals surface area (Å²) in [7, 11) is 1.92. The molecule has 0 atom stereocenters. The topological polar surface area (TPSA) is 42.7 Å². The molecule has 2 rings (SSSR count). The molecule has 0 aliphatic carbocycles. The molecule has 0 aliphatic rings. The molecule has 84 valence electrons. The van der Waals surface area contributed by atoms with Gasteiger partial charge < -0.3 is 5.32 Å². The molecule has 16 heavy (non-hydrogen) atoms. The van der Waals surface area contributed by atoms with E-state index in [1.165, 1.54) is 0 Å². The summed E-state index contributed by atoms with van der Waals surface area (Å²) in [5.74, 6) is 0. The summed E-state index contributed by atoms with van der Waals surface area (Å²) < 4.78 is 3.04. The molecule has 2 heterocycles. The van der Waals surface area contributed by atoms with Crippen LogP contribution in [-0.4, -0.2) is 21.8 Å². The minimum atomic E-state index is 0.723. The third-order valence-electron chi connectivity index (χ3n) is 2.15. The van der Waals surface area contributed by atoms with Crippen LogP contribution >= 0.6 is 22.6 Å². The fourth-order valence-electron chi connectivity index (χ4n) is 1.49. The normalized spacial score (nSPS) is 10.6. The van der Waals surface area contributed by atoms with Crippen molar-refractivity contribution in [1.29, 1.82) is 0 Å². The summed E-state index contributed by atoms with van der Waals surface area (Å²) in [6, 6.07) is 6.07. The van der Waals surface area contributed by atoms with Crippen molar-refractivity contribution in [3.8, 4) is 0 Å². The monoisotopic (exact) mass is 328 g/mol. The Morgan fingerprint density at radius 1 is 1.38 bits per heavy atom. The fourth-order valence-corrected chi connectivity index (χ4v) is 1.93. The van der Waals surface area contributed by atoms with E-state index < -0.39 is 0 Å². The van der Waals surface area contributed by atoms with Gasteiger partial charge in [-0.25, -0.2) is 0 Å². The average molecular weight is 328 g/mol. The molecule has 0 radical (unpaired) electrons. The highest BCUT2D eigenvalue weighted by Crippen LogP contribution is 2.05. The van der Waals surface area contributed by atoms with E-state index >= 15 is 0 Å². The highest BCUT2D eigenvalue weighted by molar-refractivity contribution is 14.1. The van der Waals surface area contributed by atoms with E-state index in [0.29, 0.717) is 0 Å². The third-order valence-corrected chi connectivity index (χ3v) is 2.71. The molecule has 0 aliphatic heterocycles. The smallest absolute Gasteiger partial charge is 0.0831 e. The van der Waals surface area contributed by atoms with Crippen molar-refractivity contribution in [2.75, 3.05) is 7.05 Å². The predicted octanol–water partition coefficient (Wildman–Crippen LogP) is 1.65. The molecule has 0 amide bonds. The maximum Gasteiger partial charge on any atom is 0.0831 e. The second-order valence-electron chi connectivity index (χ2n) is 3.51. The molecule has 5 heteroatoms. The van der Waals surface area contributed by atoms with Crippen LogP contribution in [0.5, 0.6) is 0 Å². The highest BCUT2D eigenvalue weighted by atomic mass is 127.